The normalized spacial score (nSPS) is 22.0. The molecule has 0 aliphatic heterocycles. The Morgan fingerprint density at radius 2 is 2.11 bits per heavy atom. The van der Waals surface area contributed by atoms with Crippen LogP contribution in [0.2, 0.25) is 0 Å². The third-order valence-corrected chi connectivity index (χ3v) is 2.11. The number of hydrogen-bond donors (Lipinski definition) is 1. The molecule has 0 unspecified atom stereocenters. The Morgan fingerprint density at radius 1 is 1.44 bits per heavy atom. The monoisotopic (exact) mass is 132 g/mol. The first-order chi connectivity index (χ1) is 4.33. The molecule has 0 aromatic heterocycles. The predicted molar refractivity (Wildman–Crippen MR) is 34.0 cm³/mol. The quantitative estimate of drug-likeness (QED) is 0.614. The van der Waals surface area contributed by atoms with Crippen LogP contribution in [-0.4, -0.2) is 18.4 Å². The van der Waals surface area contributed by atoms with Gasteiger partial charge in [-0.15, -0.1) is 0 Å². The number of aliphatic hydroxyl groups is 1. The molecule has 0 aromatic carbocycles. The second-order valence-electron chi connectivity index (χ2n) is 2.96. The van der Waals surface area contributed by atoms with Gasteiger partial charge >= 0.3 is 0 Å². The van der Waals surface area contributed by atoms with Gasteiger partial charge in [-0.05, 0) is 31.1 Å². The SMILES string of the molecule is OCCCC1(CF)CC1. The van der Waals surface area contributed by atoms with Gasteiger partial charge in [0, 0.05) is 6.61 Å². The highest BCUT2D eigenvalue weighted by molar-refractivity contribution is 4.91. The second-order valence-corrected chi connectivity index (χ2v) is 2.96. The van der Waals surface area contributed by atoms with Crippen LogP contribution in [0.4, 0.5) is 4.39 Å². The van der Waals surface area contributed by atoms with E-state index >= 15 is 0 Å². The maximum Gasteiger partial charge on any atom is 0.0950 e. The average Bonchev–Trinajstić information content (AvgIpc) is 2.65. The fraction of sp³-hybridized carbons (Fsp3) is 1.00. The minimum Gasteiger partial charge on any atom is -0.396 e. The lowest BCUT2D eigenvalue weighted by Crippen LogP contribution is -2.03. The second kappa shape index (κ2) is 2.65. The van der Waals surface area contributed by atoms with Gasteiger partial charge in [-0.2, -0.15) is 0 Å². The van der Waals surface area contributed by atoms with Crippen molar-refractivity contribution in [2.24, 2.45) is 5.41 Å². The highest BCUT2D eigenvalue weighted by Crippen LogP contribution is 2.49. The number of aliphatic hydroxyl groups excluding tert-OH is 1. The fourth-order valence-electron chi connectivity index (χ4n) is 1.08. The van der Waals surface area contributed by atoms with Crippen molar-refractivity contribution in [3.8, 4) is 0 Å². The highest BCUT2D eigenvalue weighted by Gasteiger charge is 2.41. The van der Waals surface area contributed by atoms with Crippen molar-refractivity contribution in [2.75, 3.05) is 13.3 Å². The summed E-state index contributed by atoms with van der Waals surface area (Å²) in [5.41, 5.74) is 0.0166. The minimum absolute atomic E-state index is 0.0166. The Kier molecular flexibility index (Phi) is 2.06. The van der Waals surface area contributed by atoms with E-state index in [0.717, 1.165) is 25.7 Å². The fourth-order valence-corrected chi connectivity index (χ4v) is 1.08. The summed E-state index contributed by atoms with van der Waals surface area (Å²) >= 11 is 0. The average molecular weight is 132 g/mol. The van der Waals surface area contributed by atoms with Crippen molar-refractivity contribution < 1.29 is 9.50 Å². The van der Waals surface area contributed by atoms with E-state index in [2.05, 4.69) is 0 Å². The molecule has 54 valence electrons. The van der Waals surface area contributed by atoms with Crippen molar-refractivity contribution >= 4 is 0 Å². The molecule has 2 heteroatoms. The summed E-state index contributed by atoms with van der Waals surface area (Å²) in [6.07, 6.45) is 3.71. The molecule has 1 rings (SSSR count). The first kappa shape index (κ1) is 7.00. The molecule has 1 fully saturated rings. The minimum atomic E-state index is -0.188. The van der Waals surface area contributed by atoms with E-state index in [1.807, 2.05) is 0 Å². The number of alkyl halides is 1. The van der Waals surface area contributed by atoms with Crippen LogP contribution >= 0.6 is 0 Å². The van der Waals surface area contributed by atoms with Gasteiger partial charge in [-0.25, -0.2) is 0 Å². The van der Waals surface area contributed by atoms with E-state index in [1.165, 1.54) is 0 Å². The molecule has 0 spiro atoms. The smallest absolute Gasteiger partial charge is 0.0950 e. The Balaban J connectivity index is 2.10. The summed E-state index contributed by atoms with van der Waals surface area (Å²) in [4.78, 5) is 0. The summed E-state index contributed by atoms with van der Waals surface area (Å²) in [6.45, 7) is 0.0226. The van der Waals surface area contributed by atoms with E-state index in [0.29, 0.717) is 0 Å². The number of rotatable bonds is 4. The maximum absolute atomic E-state index is 12.1. The van der Waals surface area contributed by atoms with Gasteiger partial charge in [0.1, 0.15) is 0 Å². The molecule has 0 heterocycles. The summed E-state index contributed by atoms with van der Waals surface area (Å²) in [7, 11) is 0. The van der Waals surface area contributed by atoms with Crippen molar-refractivity contribution in [1.29, 1.82) is 0 Å². The third kappa shape index (κ3) is 1.65. The van der Waals surface area contributed by atoms with E-state index in [1.54, 1.807) is 0 Å². The van der Waals surface area contributed by atoms with Crippen LogP contribution in [0, 0.1) is 5.41 Å². The van der Waals surface area contributed by atoms with Crippen molar-refractivity contribution in [3.63, 3.8) is 0 Å². The van der Waals surface area contributed by atoms with Gasteiger partial charge in [-0.3, -0.25) is 4.39 Å². The molecule has 0 amide bonds. The molecule has 1 aliphatic carbocycles. The summed E-state index contributed by atoms with van der Waals surface area (Å²) in [5, 5.41) is 8.43. The lowest BCUT2D eigenvalue weighted by atomic mass is 10.0. The summed E-state index contributed by atoms with van der Waals surface area (Å²) in [6, 6.07) is 0. The van der Waals surface area contributed by atoms with E-state index in [-0.39, 0.29) is 18.7 Å². The molecule has 9 heavy (non-hydrogen) atoms. The van der Waals surface area contributed by atoms with E-state index < -0.39 is 0 Å². The summed E-state index contributed by atoms with van der Waals surface area (Å²) < 4.78 is 12.1. The maximum atomic E-state index is 12.1. The largest absolute Gasteiger partial charge is 0.396 e. The van der Waals surface area contributed by atoms with Crippen LogP contribution < -0.4 is 0 Å². The lowest BCUT2D eigenvalue weighted by molar-refractivity contribution is 0.248. The number of halogens is 1. The van der Waals surface area contributed by atoms with Gasteiger partial charge < -0.3 is 5.11 Å². The van der Waals surface area contributed by atoms with Gasteiger partial charge in [0.05, 0.1) is 6.67 Å². The molecular formula is C7H13FO. The summed E-state index contributed by atoms with van der Waals surface area (Å²) in [5.74, 6) is 0. The Hall–Kier alpha value is -0.110. The zero-order chi connectivity index (χ0) is 6.74. The van der Waals surface area contributed by atoms with Gasteiger partial charge in [0.25, 0.3) is 0 Å². The van der Waals surface area contributed by atoms with Crippen LogP contribution in [0.1, 0.15) is 25.7 Å². The molecule has 0 aromatic rings. The standard InChI is InChI=1S/C7H13FO/c8-6-7(3-4-7)2-1-5-9/h9H,1-6H2. The molecule has 1 nitrogen and oxygen atoms in total. The van der Waals surface area contributed by atoms with Crippen molar-refractivity contribution in [2.45, 2.75) is 25.7 Å². The molecule has 1 N–H and O–H groups in total. The lowest BCUT2D eigenvalue weighted by Gasteiger charge is -2.06. The van der Waals surface area contributed by atoms with E-state index in [4.69, 9.17) is 5.11 Å². The Morgan fingerprint density at radius 3 is 2.44 bits per heavy atom. The molecule has 0 saturated heterocycles. The predicted octanol–water partition coefficient (Wildman–Crippen LogP) is 1.51. The molecule has 1 aliphatic rings. The van der Waals surface area contributed by atoms with E-state index in [9.17, 15) is 4.39 Å². The van der Waals surface area contributed by atoms with Crippen molar-refractivity contribution in [1.82, 2.24) is 0 Å². The third-order valence-electron chi connectivity index (χ3n) is 2.11. The molecule has 0 radical (unpaired) electrons. The zero-order valence-corrected chi connectivity index (χ0v) is 5.57. The van der Waals surface area contributed by atoms with Gasteiger partial charge in [0.2, 0.25) is 0 Å². The molecule has 1 saturated carbocycles. The van der Waals surface area contributed by atoms with Crippen LogP contribution in [0.25, 0.3) is 0 Å². The van der Waals surface area contributed by atoms with Gasteiger partial charge in [-0.1, -0.05) is 0 Å². The van der Waals surface area contributed by atoms with Gasteiger partial charge in [0.15, 0.2) is 0 Å². The van der Waals surface area contributed by atoms with Crippen LogP contribution in [0.5, 0.6) is 0 Å². The highest BCUT2D eigenvalue weighted by atomic mass is 19.1. The molecule has 0 atom stereocenters. The Bertz CT molecular complexity index is 88.9. The van der Waals surface area contributed by atoms with Crippen LogP contribution in [-0.2, 0) is 0 Å². The first-order valence-electron chi connectivity index (χ1n) is 3.50. The number of hydrogen-bond acceptors (Lipinski definition) is 1. The topological polar surface area (TPSA) is 20.2 Å². The Labute approximate surface area is 54.9 Å². The van der Waals surface area contributed by atoms with Crippen LogP contribution in [0.15, 0.2) is 0 Å². The molecular weight excluding hydrogens is 119 g/mol. The first-order valence-corrected chi connectivity index (χ1v) is 3.50. The zero-order valence-electron chi connectivity index (χ0n) is 5.57. The van der Waals surface area contributed by atoms with Crippen LogP contribution in [0.3, 0.4) is 0 Å². The molecule has 0 bridgehead atoms. The van der Waals surface area contributed by atoms with Crippen molar-refractivity contribution in [3.05, 3.63) is 0 Å².